The van der Waals surface area contributed by atoms with E-state index in [1.807, 2.05) is 0 Å². The molecule has 1 saturated heterocycles. The predicted molar refractivity (Wildman–Crippen MR) is 76.6 cm³/mol. The average molecular weight is 297 g/mol. The molecule has 1 heterocycles. The summed E-state index contributed by atoms with van der Waals surface area (Å²) >= 11 is 5.99. The summed E-state index contributed by atoms with van der Waals surface area (Å²) in [7, 11) is 1.59. The summed E-state index contributed by atoms with van der Waals surface area (Å²) in [5, 5.41) is 3.26. The first-order chi connectivity index (χ1) is 9.61. The Labute approximate surface area is 122 Å². The molecule has 20 heavy (non-hydrogen) atoms. The lowest BCUT2D eigenvalue weighted by Crippen LogP contribution is -2.30. The van der Waals surface area contributed by atoms with E-state index in [1.54, 1.807) is 36.3 Å². The van der Waals surface area contributed by atoms with Crippen molar-refractivity contribution in [2.24, 2.45) is 5.92 Å². The van der Waals surface area contributed by atoms with Gasteiger partial charge in [0.2, 0.25) is 11.8 Å². The molecule has 1 aliphatic rings. The minimum absolute atomic E-state index is 0.0126. The van der Waals surface area contributed by atoms with Crippen molar-refractivity contribution < 1.29 is 14.3 Å². The fourth-order valence-electron chi connectivity index (χ4n) is 2.16. The van der Waals surface area contributed by atoms with Gasteiger partial charge in [-0.05, 0) is 12.1 Å². The lowest BCUT2D eigenvalue weighted by Gasteiger charge is -2.16. The quantitative estimate of drug-likeness (QED) is 0.901. The third-order valence-electron chi connectivity index (χ3n) is 3.28. The summed E-state index contributed by atoms with van der Waals surface area (Å²) in [6, 6.07) is 7.04. The second kappa shape index (κ2) is 6.72. The van der Waals surface area contributed by atoms with E-state index in [4.69, 9.17) is 16.3 Å². The van der Waals surface area contributed by atoms with Crippen molar-refractivity contribution in [1.82, 2.24) is 4.90 Å². The summed E-state index contributed by atoms with van der Waals surface area (Å²) in [4.78, 5) is 25.6. The van der Waals surface area contributed by atoms with E-state index in [-0.39, 0.29) is 24.2 Å². The van der Waals surface area contributed by atoms with Gasteiger partial charge in [-0.25, -0.2) is 0 Å². The Kier molecular flexibility index (Phi) is 4.98. The maximum atomic E-state index is 12.2. The van der Waals surface area contributed by atoms with Gasteiger partial charge in [-0.15, -0.1) is 0 Å². The van der Waals surface area contributed by atoms with Crippen LogP contribution in [0.15, 0.2) is 24.3 Å². The molecule has 2 rings (SSSR count). The van der Waals surface area contributed by atoms with E-state index in [1.165, 1.54) is 0 Å². The SMILES string of the molecule is COCCN1CC(C(=O)Nc2ccccc2Cl)CC1=O. The van der Waals surface area contributed by atoms with Crippen LogP contribution in [0.2, 0.25) is 5.02 Å². The maximum Gasteiger partial charge on any atom is 0.229 e. The van der Waals surface area contributed by atoms with Crippen LogP contribution in [0.4, 0.5) is 5.69 Å². The second-order valence-electron chi connectivity index (χ2n) is 4.70. The standard InChI is InChI=1S/C14H17ClN2O3/c1-20-7-6-17-9-10(8-13(17)18)14(19)16-12-5-3-2-4-11(12)15/h2-5,10H,6-9H2,1H3,(H,16,19). The highest BCUT2D eigenvalue weighted by Crippen LogP contribution is 2.24. The van der Waals surface area contributed by atoms with Crippen molar-refractivity contribution in [3.63, 3.8) is 0 Å². The fraction of sp³-hybridized carbons (Fsp3) is 0.429. The molecule has 0 aromatic heterocycles. The molecule has 6 heteroatoms. The van der Waals surface area contributed by atoms with Gasteiger partial charge in [0.05, 0.1) is 23.2 Å². The summed E-state index contributed by atoms with van der Waals surface area (Å²) in [5.41, 5.74) is 0.571. The normalized spacial score (nSPS) is 18.4. The summed E-state index contributed by atoms with van der Waals surface area (Å²) in [5.74, 6) is -0.525. The van der Waals surface area contributed by atoms with Gasteiger partial charge in [-0.2, -0.15) is 0 Å². The van der Waals surface area contributed by atoms with E-state index >= 15 is 0 Å². The van der Waals surface area contributed by atoms with Gasteiger partial charge in [-0.3, -0.25) is 9.59 Å². The topological polar surface area (TPSA) is 58.6 Å². The molecule has 0 saturated carbocycles. The minimum Gasteiger partial charge on any atom is -0.383 e. The van der Waals surface area contributed by atoms with Crippen molar-refractivity contribution in [3.05, 3.63) is 29.3 Å². The Hall–Kier alpha value is -1.59. The first-order valence-corrected chi connectivity index (χ1v) is 6.81. The van der Waals surface area contributed by atoms with E-state index < -0.39 is 0 Å². The van der Waals surface area contributed by atoms with Gasteiger partial charge in [-0.1, -0.05) is 23.7 Å². The molecule has 5 nitrogen and oxygen atoms in total. The number of carbonyl (C=O) groups is 2. The molecule has 1 aliphatic heterocycles. The molecule has 0 bridgehead atoms. The number of rotatable bonds is 5. The van der Waals surface area contributed by atoms with Gasteiger partial charge >= 0.3 is 0 Å². The molecule has 2 amide bonds. The lowest BCUT2D eigenvalue weighted by atomic mass is 10.1. The van der Waals surface area contributed by atoms with Crippen LogP contribution in [0, 0.1) is 5.92 Å². The Morgan fingerprint density at radius 3 is 2.95 bits per heavy atom. The van der Waals surface area contributed by atoms with Crippen LogP contribution in [-0.4, -0.2) is 43.5 Å². The molecular formula is C14H17ClN2O3. The number of anilines is 1. The molecule has 0 spiro atoms. The first kappa shape index (κ1) is 14.8. The zero-order valence-corrected chi connectivity index (χ0v) is 12.0. The van der Waals surface area contributed by atoms with E-state index in [0.29, 0.717) is 30.4 Å². The summed E-state index contributed by atoms with van der Waals surface area (Å²) in [6.07, 6.45) is 0.236. The highest BCUT2D eigenvalue weighted by molar-refractivity contribution is 6.33. The number of methoxy groups -OCH3 is 1. The van der Waals surface area contributed by atoms with Crippen molar-refractivity contribution in [3.8, 4) is 0 Å². The van der Waals surface area contributed by atoms with Crippen LogP contribution in [0.25, 0.3) is 0 Å². The third-order valence-corrected chi connectivity index (χ3v) is 3.61. The molecule has 0 aliphatic carbocycles. The van der Waals surface area contributed by atoms with Crippen LogP contribution in [0.3, 0.4) is 0 Å². The molecule has 1 N–H and O–H groups in total. The maximum absolute atomic E-state index is 12.2. The van der Waals surface area contributed by atoms with E-state index in [0.717, 1.165) is 0 Å². The van der Waals surface area contributed by atoms with Crippen LogP contribution in [-0.2, 0) is 14.3 Å². The van der Waals surface area contributed by atoms with Gasteiger partial charge in [0.1, 0.15) is 0 Å². The Morgan fingerprint density at radius 1 is 1.50 bits per heavy atom. The highest BCUT2D eigenvalue weighted by atomic mass is 35.5. The molecule has 1 fully saturated rings. The number of benzene rings is 1. The number of nitrogens with zero attached hydrogens (tertiary/aromatic N) is 1. The number of carbonyl (C=O) groups excluding carboxylic acids is 2. The van der Waals surface area contributed by atoms with Gasteiger partial charge in [0, 0.05) is 26.6 Å². The zero-order valence-electron chi connectivity index (χ0n) is 11.3. The van der Waals surface area contributed by atoms with Gasteiger partial charge < -0.3 is 15.0 Å². The number of halogens is 1. The smallest absolute Gasteiger partial charge is 0.229 e. The molecular weight excluding hydrogens is 280 g/mol. The number of para-hydroxylation sites is 1. The van der Waals surface area contributed by atoms with E-state index in [2.05, 4.69) is 5.32 Å². The lowest BCUT2D eigenvalue weighted by molar-refractivity contribution is -0.128. The Bertz CT molecular complexity index is 507. The van der Waals surface area contributed by atoms with Crippen LogP contribution in [0.5, 0.6) is 0 Å². The van der Waals surface area contributed by atoms with Crippen molar-refractivity contribution in [2.45, 2.75) is 6.42 Å². The van der Waals surface area contributed by atoms with E-state index in [9.17, 15) is 9.59 Å². The summed E-state index contributed by atoms with van der Waals surface area (Å²) < 4.78 is 4.95. The van der Waals surface area contributed by atoms with Crippen molar-refractivity contribution >= 4 is 29.1 Å². The fourth-order valence-corrected chi connectivity index (χ4v) is 2.35. The van der Waals surface area contributed by atoms with Crippen molar-refractivity contribution in [1.29, 1.82) is 0 Å². The largest absolute Gasteiger partial charge is 0.383 e. The number of amides is 2. The van der Waals surface area contributed by atoms with Crippen LogP contribution in [0.1, 0.15) is 6.42 Å². The summed E-state index contributed by atoms with van der Waals surface area (Å²) in [6.45, 7) is 1.42. The van der Waals surface area contributed by atoms with Crippen molar-refractivity contribution in [2.75, 3.05) is 32.1 Å². The van der Waals surface area contributed by atoms with Crippen LogP contribution < -0.4 is 5.32 Å². The molecule has 1 aromatic carbocycles. The number of likely N-dealkylation sites (tertiary alicyclic amines) is 1. The van der Waals surface area contributed by atoms with Gasteiger partial charge in [0.15, 0.2) is 0 Å². The number of ether oxygens (including phenoxy) is 1. The number of hydrogen-bond donors (Lipinski definition) is 1. The minimum atomic E-state index is -0.337. The molecule has 1 unspecified atom stereocenters. The zero-order chi connectivity index (χ0) is 14.5. The average Bonchev–Trinajstić information content (AvgIpc) is 2.80. The Balaban J connectivity index is 1.94. The van der Waals surface area contributed by atoms with Crippen LogP contribution >= 0.6 is 11.6 Å². The molecule has 0 radical (unpaired) electrons. The molecule has 1 aromatic rings. The number of nitrogens with one attached hydrogen (secondary N) is 1. The Morgan fingerprint density at radius 2 is 2.25 bits per heavy atom. The van der Waals surface area contributed by atoms with Gasteiger partial charge in [0.25, 0.3) is 0 Å². The molecule has 1 atom stereocenters. The first-order valence-electron chi connectivity index (χ1n) is 6.44. The molecule has 108 valence electrons. The highest BCUT2D eigenvalue weighted by Gasteiger charge is 2.34. The predicted octanol–water partition coefficient (Wildman–Crippen LogP) is 1.77. The second-order valence-corrected chi connectivity index (χ2v) is 5.11. The third kappa shape index (κ3) is 3.49. The monoisotopic (exact) mass is 296 g/mol. The number of hydrogen-bond acceptors (Lipinski definition) is 3.